The molecule has 2 saturated heterocycles. The summed E-state index contributed by atoms with van der Waals surface area (Å²) in [5.41, 5.74) is 0. The Labute approximate surface area is 126 Å². The highest BCUT2D eigenvalue weighted by Gasteiger charge is 2.39. The molecule has 2 fully saturated rings. The van der Waals surface area contributed by atoms with E-state index in [0.29, 0.717) is 26.2 Å². The van der Waals surface area contributed by atoms with E-state index >= 15 is 0 Å². The summed E-state index contributed by atoms with van der Waals surface area (Å²) in [4.78, 5) is 27.4. The van der Waals surface area contributed by atoms with Crippen LogP contribution in [-0.4, -0.2) is 65.3 Å². The maximum absolute atomic E-state index is 12.6. The minimum absolute atomic E-state index is 0.0150. The highest BCUT2D eigenvalue weighted by Crippen LogP contribution is 2.26. The van der Waals surface area contributed by atoms with Crippen LogP contribution in [0.25, 0.3) is 0 Å². The number of amides is 2. The maximum Gasteiger partial charge on any atom is 0.326 e. The number of carbonyl (C=O) groups is 2. The first-order valence-electron chi connectivity index (χ1n) is 7.94. The number of piperidine rings is 2. The van der Waals surface area contributed by atoms with Crippen LogP contribution in [0.4, 0.5) is 4.79 Å². The van der Waals surface area contributed by atoms with Crippen molar-refractivity contribution < 1.29 is 19.4 Å². The van der Waals surface area contributed by atoms with E-state index in [-0.39, 0.29) is 18.1 Å². The van der Waals surface area contributed by atoms with Crippen LogP contribution in [0.1, 0.15) is 39.5 Å². The van der Waals surface area contributed by atoms with E-state index in [2.05, 4.69) is 0 Å². The van der Waals surface area contributed by atoms with E-state index in [1.54, 1.807) is 9.80 Å². The molecule has 2 amide bonds. The third kappa shape index (κ3) is 3.67. The van der Waals surface area contributed by atoms with Crippen molar-refractivity contribution in [1.29, 1.82) is 0 Å². The number of carbonyl (C=O) groups excluding carboxylic acids is 1. The molecule has 6 nitrogen and oxygen atoms in total. The fourth-order valence-corrected chi connectivity index (χ4v) is 3.41. The zero-order valence-corrected chi connectivity index (χ0v) is 13.0. The van der Waals surface area contributed by atoms with Gasteiger partial charge in [0.15, 0.2) is 0 Å². The standard InChI is InChI=1S/C15H26N2O4/c1-3-21-12-6-9-16(10-7-12)15(20)17-8-4-5-11(2)13(17)14(18)19/h11-13H,3-10H2,1-2H3,(H,18,19). The number of aliphatic carboxylic acids is 1. The second-order valence-corrected chi connectivity index (χ2v) is 6.02. The SMILES string of the molecule is CCOC1CCN(C(=O)N2CCCC(C)C2C(=O)O)CC1. The third-order valence-corrected chi connectivity index (χ3v) is 4.55. The monoisotopic (exact) mass is 298 g/mol. The van der Waals surface area contributed by atoms with E-state index in [9.17, 15) is 14.7 Å². The van der Waals surface area contributed by atoms with Gasteiger partial charge in [-0.1, -0.05) is 6.92 Å². The van der Waals surface area contributed by atoms with Crippen molar-refractivity contribution in [2.75, 3.05) is 26.2 Å². The molecular weight excluding hydrogens is 272 g/mol. The normalized spacial score (nSPS) is 27.7. The molecule has 0 spiro atoms. The molecule has 0 aliphatic carbocycles. The molecule has 2 rings (SSSR count). The van der Waals surface area contributed by atoms with Gasteiger partial charge in [0.05, 0.1) is 6.10 Å². The molecule has 6 heteroatoms. The van der Waals surface area contributed by atoms with Crippen molar-refractivity contribution >= 4 is 12.0 Å². The quantitative estimate of drug-likeness (QED) is 0.862. The Balaban J connectivity index is 1.97. The van der Waals surface area contributed by atoms with Crippen LogP contribution in [0.2, 0.25) is 0 Å². The Bertz CT molecular complexity index is 380. The number of rotatable bonds is 3. The molecule has 2 atom stereocenters. The average molecular weight is 298 g/mol. The van der Waals surface area contributed by atoms with Gasteiger partial charge in [0.2, 0.25) is 0 Å². The summed E-state index contributed by atoms with van der Waals surface area (Å²) >= 11 is 0. The minimum atomic E-state index is -0.889. The number of carboxylic acids is 1. The van der Waals surface area contributed by atoms with Gasteiger partial charge in [0.1, 0.15) is 6.04 Å². The smallest absolute Gasteiger partial charge is 0.326 e. The number of hydrogen-bond acceptors (Lipinski definition) is 3. The lowest BCUT2D eigenvalue weighted by atomic mass is 9.91. The first kappa shape index (κ1) is 16.1. The van der Waals surface area contributed by atoms with Crippen molar-refractivity contribution in [2.45, 2.75) is 51.7 Å². The number of urea groups is 1. The summed E-state index contributed by atoms with van der Waals surface area (Å²) in [5, 5.41) is 9.41. The summed E-state index contributed by atoms with van der Waals surface area (Å²) in [6, 6.07) is -0.806. The molecule has 2 heterocycles. The van der Waals surface area contributed by atoms with Crippen LogP contribution in [-0.2, 0) is 9.53 Å². The van der Waals surface area contributed by atoms with Crippen molar-refractivity contribution in [3.63, 3.8) is 0 Å². The molecular formula is C15H26N2O4. The Morgan fingerprint density at radius 3 is 2.43 bits per heavy atom. The number of carboxylic acid groups (broad SMARTS) is 1. The predicted octanol–water partition coefficient (Wildman–Crippen LogP) is 1.79. The van der Waals surface area contributed by atoms with Crippen LogP contribution in [0.15, 0.2) is 0 Å². The highest BCUT2D eigenvalue weighted by atomic mass is 16.5. The van der Waals surface area contributed by atoms with Gasteiger partial charge in [-0.15, -0.1) is 0 Å². The molecule has 0 radical (unpaired) electrons. The zero-order chi connectivity index (χ0) is 15.4. The van der Waals surface area contributed by atoms with E-state index in [0.717, 1.165) is 25.7 Å². The number of hydrogen-bond donors (Lipinski definition) is 1. The van der Waals surface area contributed by atoms with Crippen LogP contribution in [0.5, 0.6) is 0 Å². The molecule has 0 bridgehead atoms. The van der Waals surface area contributed by atoms with Gasteiger partial charge < -0.3 is 19.6 Å². The summed E-state index contributed by atoms with van der Waals surface area (Å²) in [6.45, 7) is 6.44. The lowest BCUT2D eigenvalue weighted by molar-refractivity contribution is -0.145. The first-order chi connectivity index (χ1) is 10.0. The summed E-state index contributed by atoms with van der Waals surface area (Å²) in [5.74, 6) is -0.874. The van der Waals surface area contributed by atoms with Gasteiger partial charge in [0.25, 0.3) is 0 Å². The molecule has 1 N–H and O–H groups in total. The van der Waals surface area contributed by atoms with Gasteiger partial charge >= 0.3 is 12.0 Å². The average Bonchev–Trinajstić information content (AvgIpc) is 2.47. The Kier molecular flexibility index (Phi) is 5.45. The molecule has 2 unspecified atom stereocenters. The molecule has 2 aliphatic heterocycles. The van der Waals surface area contributed by atoms with Crippen molar-refractivity contribution in [2.24, 2.45) is 5.92 Å². The Morgan fingerprint density at radius 1 is 1.19 bits per heavy atom. The summed E-state index contributed by atoms with van der Waals surface area (Å²) in [6.07, 6.45) is 3.65. The van der Waals surface area contributed by atoms with E-state index in [1.807, 2.05) is 13.8 Å². The molecule has 0 aromatic heterocycles. The van der Waals surface area contributed by atoms with E-state index in [1.165, 1.54) is 0 Å². The number of likely N-dealkylation sites (tertiary alicyclic amines) is 2. The second kappa shape index (κ2) is 7.11. The lowest BCUT2D eigenvalue weighted by Crippen LogP contribution is -2.57. The maximum atomic E-state index is 12.6. The molecule has 0 aromatic rings. The van der Waals surface area contributed by atoms with Crippen LogP contribution in [0, 0.1) is 5.92 Å². The summed E-state index contributed by atoms with van der Waals surface area (Å²) in [7, 11) is 0. The zero-order valence-electron chi connectivity index (χ0n) is 13.0. The van der Waals surface area contributed by atoms with Crippen LogP contribution < -0.4 is 0 Å². The third-order valence-electron chi connectivity index (χ3n) is 4.55. The van der Waals surface area contributed by atoms with Crippen molar-refractivity contribution in [3.8, 4) is 0 Å². The number of ether oxygens (including phenoxy) is 1. The molecule has 0 saturated carbocycles. The number of nitrogens with zero attached hydrogens (tertiary/aromatic N) is 2. The molecule has 120 valence electrons. The van der Waals surface area contributed by atoms with Crippen LogP contribution in [0.3, 0.4) is 0 Å². The van der Waals surface area contributed by atoms with Gasteiger partial charge in [0, 0.05) is 26.2 Å². The first-order valence-corrected chi connectivity index (χ1v) is 7.94. The lowest BCUT2D eigenvalue weighted by Gasteiger charge is -2.41. The molecule has 21 heavy (non-hydrogen) atoms. The topological polar surface area (TPSA) is 70.1 Å². The Morgan fingerprint density at radius 2 is 1.86 bits per heavy atom. The highest BCUT2D eigenvalue weighted by molar-refractivity contribution is 5.83. The predicted molar refractivity (Wildman–Crippen MR) is 78.1 cm³/mol. The fourth-order valence-electron chi connectivity index (χ4n) is 3.41. The Hall–Kier alpha value is -1.30. The molecule has 2 aliphatic rings. The van der Waals surface area contributed by atoms with Gasteiger partial charge in [-0.25, -0.2) is 9.59 Å². The van der Waals surface area contributed by atoms with E-state index in [4.69, 9.17) is 4.74 Å². The largest absolute Gasteiger partial charge is 0.480 e. The van der Waals surface area contributed by atoms with Gasteiger partial charge in [-0.2, -0.15) is 0 Å². The summed E-state index contributed by atoms with van der Waals surface area (Å²) < 4.78 is 5.59. The molecule has 0 aromatic carbocycles. The van der Waals surface area contributed by atoms with Gasteiger partial charge in [-0.3, -0.25) is 0 Å². The van der Waals surface area contributed by atoms with Gasteiger partial charge in [-0.05, 0) is 38.5 Å². The fraction of sp³-hybridized carbons (Fsp3) is 0.867. The van der Waals surface area contributed by atoms with E-state index < -0.39 is 12.0 Å². The second-order valence-electron chi connectivity index (χ2n) is 6.02. The van der Waals surface area contributed by atoms with Crippen molar-refractivity contribution in [3.05, 3.63) is 0 Å². The minimum Gasteiger partial charge on any atom is -0.480 e. The van der Waals surface area contributed by atoms with Crippen LogP contribution >= 0.6 is 0 Å². The van der Waals surface area contributed by atoms with Crippen molar-refractivity contribution in [1.82, 2.24) is 9.80 Å².